The molecule has 1 unspecified atom stereocenters. The molecule has 0 radical (unpaired) electrons. The summed E-state index contributed by atoms with van der Waals surface area (Å²) in [4.78, 5) is 10.8. The fourth-order valence-electron chi connectivity index (χ4n) is 0.776. The van der Waals surface area contributed by atoms with Crippen LogP contribution in [0.3, 0.4) is 0 Å². The number of nitrogens with zero attached hydrogens (tertiary/aromatic N) is 1. The number of hydrogen-bond donors (Lipinski definition) is 2. The van der Waals surface area contributed by atoms with Gasteiger partial charge in [-0.05, 0) is 0 Å². The third-order valence-corrected chi connectivity index (χ3v) is 1.40. The van der Waals surface area contributed by atoms with Crippen LogP contribution in [-0.2, 0) is 4.79 Å². The van der Waals surface area contributed by atoms with Gasteiger partial charge in [-0.25, -0.2) is 5.43 Å². The van der Waals surface area contributed by atoms with Crippen LogP contribution in [0, 0.1) is 0 Å². The molecule has 0 bridgehead atoms. The fraction of sp³-hybridized carbons (Fsp3) is 0.800. The second-order valence-corrected chi connectivity index (χ2v) is 2.28. The van der Waals surface area contributed by atoms with Gasteiger partial charge in [0.1, 0.15) is 0 Å². The minimum absolute atomic E-state index is 0.00583. The molecule has 0 aromatic carbocycles. The van der Waals surface area contributed by atoms with Crippen molar-refractivity contribution >= 4 is 5.91 Å². The minimum atomic E-state index is -0.00583. The molecule has 0 aromatic heterocycles. The van der Waals surface area contributed by atoms with Gasteiger partial charge in [-0.3, -0.25) is 9.80 Å². The maximum atomic E-state index is 10.8. The summed E-state index contributed by atoms with van der Waals surface area (Å²) < 4.78 is 0. The van der Waals surface area contributed by atoms with Crippen molar-refractivity contribution in [2.75, 3.05) is 13.6 Å². The van der Waals surface area contributed by atoms with Gasteiger partial charge in [0.05, 0.1) is 0 Å². The van der Waals surface area contributed by atoms with Gasteiger partial charge >= 0.3 is 0 Å². The van der Waals surface area contributed by atoms with E-state index in [1.54, 1.807) is 7.05 Å². The highest BCUT2D eigenvalue weighted by atomic mass is 16.2. The molecular weight excluding hydrogens is 118 g/mol. The third kappa shape index (κ3) is 1.40. The Bertz CT molecular complexity index is 125. The van der Waals surface area contributed by atoms with Crippen LogP contribution < -0.4 is 11.2 Å². The van der Waals surface area contributed by atoms with Gasteiger partial charge < -0.3 is 5.73 Å². The van der Waals surface area contributed by atoms with Crippen LogP contribution in [0.5, 0.6) is 0 Å². The highest BCUT2D eigenvalue weighted by Crippen LogP contribution is 1.97. The number of nitrogens with one attached hydrogen (secondary N) is 1. The van der Waals surface area contributed by atoms with Gasteiger partial charge in [0.2, 0.25) is 5.91 Å². The first-order valence-electron chi connectivity index (χ1n) is 2.96. The molecule has 1 aliphatic rings. The molecule has 0 aromatic rings. The number of hydrazine groups is 1. The molecule has 0 saturated carbocycles. The fourth-order valence-corrected chi connectivity index (χ4v) is 0.776. The van der Waals surface area contributed by atoms with Crippen LogP contribution in [0.1, 0.15) is 6.42 Å². The van der Waals surface area contributed by atoms with Crippen LogP contribution in [-0.4, -0.2) is 30.6 Å². The molecule has 9 heavy (non-hydrogen) atoms. The molecular formula is C5H11N3O. The van der Waals surface area contributed by atoms with Gasteiger partial charge in [0, 0.05) is 26.1 Å². The van der Waals surface area contributed by atoms with Crippen molar-refractivity contribution in [1.82, 2.24) is 10.4 Å². The van der Waals surface area contributed by atoms with Crippen LogP contribution >= 0.6 is 0 Å². The summed E-state index contributed by atoms with van der Waals surface area (Å²) in [5, 5.41) is 1.48. The first-order chi connectivity index (χ1) is 4.20. The molecule has 1 fully saturated rings. The van der Waals surface area contributed by atoms with Gasteiger partial charge in [0.15, 0.2) is 0 Å². The number of rotatable bonds is 0. The molecule has 0 aliphatic carbocycles. The Kier molecular flexibility index (Phi) is 1.68. The largest absolute Gasteiger partial charge is 0.326 e. The first-order valence-corrected chi connectivity index (χ1v) is 2.96. The van der Waals surface area contributed by atoms with Crippen molar-refractivity contribution in [3.05, 3.63) is 0 Å². The molecule has 3 N–H and O–H groups in total. The lowest BCUT2D eigenvalue weighted by molar-refractivity contribution is -0.135. The number of carbonyl (C=O) groups is 1. The Balaban J connectivity index is 2.44. The van der Waals surface area contributed by atoms with E-state index in [1.807, 2.05) is 0 Å². The molecule has 1 amide bonds. The Hall–Kier alpha value is -0.610. The van der Waals surface area contributed by atoms with E-state index in [9.17, 15) is 4.79 Å². The van der Waals surface area contributed by atoms with E-state index in [0.717, 1.165) is 0 Å². The standard InChI is InChI=1S/C5H11N3O/c1-8-5(9)2-4(6)3-7-8/h4,7H,2-3,6H2,1H3. The molecule has 1 heterocycles. The zero-order valence-electron chi connectivity index (χ0n) is 5.42. The quantitative estimate of drug-likeness (QED) is 0.426. The van der Waals surface area contributed by atoms with Crippen molar-refractivity contribution in [1.29, 1.82) is 0 Å². The van der Waals surface area contributed by atoms with E-state index in [4.69, 9.17) is 5.73 Å². The second-order valence-electron chi connectivity index (χ2n) is 2.28. The van der Waals surface area contributed by atoms with E-state index in [0.29, 0.717) is 13.0 Å². The summed E-state index contributed by atoms with van der Waals surface area (Å²) in [6.07, 6.45) is 0.462. The molecule has 1 atom stereocenters. The van der Waals surface area contributed by atoms with Gasteiger partial charge in [0.25, 0.3) is 0 Å². The highest BCUT2D eigenvalue weighted by molar-refractivity contribution is 5.76. The molecule has 52 valence electrons. The molecule has 1 saturated heterocycles. The minimum Gasteiger partial charge on any atom is -0.326 e. The maximum Gasteiger partial charge on any atom is 0.238 e. The van der Waals surface area contributed by atoms with Gasteiger partial charge in [-0.15, -0.1) is 0 Å². The predicted octanol–water partition coefficient (Wildman–Crippen LogP) is -1.32. The summed E-state index contributed by atoms with van der Waals surface area (Å²) in [5.41, 5.74) is 8.32. The normalized spacial score (nSPS) is 28.9. The number of carbonyl (C=O) groups excluding carboxylic acids is 1. The maximum absolute atomic E-state index is 10.8. The SMILES string of the molecule is CN1NCC(N)CC1=O. The van der Waals surface area contributed by atoms with Crippen molar-refractivity contribution in [2.24, 2.45) is 5.73 Å². The van der Waals surface area contributed by atoms with Crippen LogP contribution in [0.15, 0.2) is 0 Å². The lowest BCUT2D eigenvalue weighted by atomic mass is 10.2. The van der Waals surface area contributed by atoms with Gasteiger partial charge in [-0.1, -0.05) is 0 Å². The predicted molar refractivity (Wildman–Crippen MR) is 33.4 cm³/mol. The summed E-state index contributed by atoms with van der Waals surface area (Å²) in [5.74, 6) is 0.0637. The zero-order valence-corrected chi connectivity index (χ0v) is 5.42. The Morgan fingerprint density at radius 1 is 1.89 bits per heavy atom. The molecule has 0 spiro atoms. The Morgan fingerprint density at radius 2 is 2.56 bits per heavy atom. The molecule has 1 aliphatic heterocycles. The average Bonchev–Trinajstić information content (AvgIpc) is 1.80. The van der Waals surface area contributed by atoms with E-state index in [-0.39, 0.29) is 11.9 Å². The Labute approximate surface area is 54.0 Å². The molecule has 1 rings (SSSR count). The number of amides is 1. The van der Waals surface area contributed by atoms with Crippen molar-refractivity contribution in [3.8, 4) is 0 Å². The second kappa shape index (κ2) is 2.33. The Morgan fingerprint density at radius 3 is 3.00 bits per heavy atom. The molecule has 4 nitrogen and oxygen atoms in total. The third-order valence-electron chi connectivity index (χ3n) is 1.40. The highest BCUT2D eigenvalue weighted by Gasteiger charge is 2.18. The lowest BCUT2D eigenvalue weighted by Gasteiger charge is -2.27. The van der Waals surface area contributed by atoms with Crippen molar-refractivity contribution in [3.63, 3.8) is 0 Å². The smallest absolute Gasteiger partial charge is 0.238 e. The average molecular weight is 129 g/mol. The van der Waals surface area contributed by atoms with E-state index >= 15 is 0 Å². The van der Waals surface area contributed by atoms with Crippen LogP contribution in [0.25, 0.3) is 0 Å². The van der Waals surface area contributed by atoms with E-state index in [2.05, 4.69) is 5.43 Å². The molecule has 4 heteroatoms. The topological polar surface area (TPSA) is 58.4 Å². The zero-order chi connectivity index (χ0) is 6.85. The summed E-state index contributed by atoms with van der Waals surface area (Å²) >= 11 is 0. The van der Waals surface area contributed by atoms with Crippen LogP contribution in [0.4, 0.5) is 0 Å². The monoisotopic (exact) mass is 129 g/mol. The van der Waals surface area contributed by atoms with E-state index in [1.165, 1.54) is 5.01 Å². The first kappa shape index (κ1) is 6.51. The number of nitrogens with two attached hydrogens (primary N) is 1. The lowest BCUT2D eigenvalue weighted by Crippen LogP contribution is -2.52. The van der Waals surface area contributed by atoms with Gasteiger partial charge in [-0.2, -0.15) is 0 Å². The summed E-state index contributed by atoms with van der Waals surface area (Å²) in [7, 11) is 1.70. The summed E-state index contributed by atoms with van der Waals surface area (Å²) in [6.45, 7) is 0.697. The van der Waals surface area contributed by atoms with Crippen LogP contribution in [0.2, 0.25) is 0 Å². The van der Waals surface area contributed by atoms with Crippen molar-refractivity contribution in [2.45, 2.75) is 12.5 Å². The van der Waals surface area contributed by atoms with Crippen molar-refractivity contribution < 1.29 is 4.79 Å². The summed E-state index contributed by atoms with van der Waals surface area (Å²) in [6, 6.07) is -0.00583. The van der Waals surface area contributed by atoms with E-state index < -0.39 is 0 Å². The number of hydrogen-bond acceptors (Lipinski definition) is 3.